The van der Waals surface area contributed by atoms with E-state index in [1.54, 1.807) is 11.9 Å². The van der Waals surface area contributed by atoms with Crippen LogP contribution < -0.4 is 10.6 Å². The largest absolute Gasteiger partial charge is 0.355 e. The van der Waals surface area contributed by atoms with Gasteiger partial charge in [-0.3, -0.25) is 9.79 Å². The third-order valence-electron chi connectivity index (χ3n) is 5.94. The molecule has 7 nitrogen and oxygen atoms in total. The van der Waals surface area contributed by atoms with Gasteiger partial charge in [-0.1, -0.05) is 43.2 Å². The van der Waals surface area contributed by atoms with Gasteiger partial charge in [0.15, 0.2) is 5.96 Å². The summed E-state index contributed by atoms with van der Waals surface area (Å²) in [5.41, 5.74) is 0.991. The van der Waals surface area contributed by atoms with Crippen molar-refractivity contribution >= 4 is 11.9 Å². The average Bonchev–Trinajstić information content (AvgIpc) is 3.42. The van der Waals surface area contributed by atoms with Gasteiger partial charge < -0.3 is 20.1 Å². The first-order chi connectivity index (χ1) is 14.5. The van der Waals surface area contributed by atoms with Gasteiger partial charge in [-0.15, -0.1) is 0 Å². The number of benzene rings is 1. The van der Waals surface area contributed by atoms with Crippen molar-refractivity contribution in [1.82, 2.24) is 25.1 Å². The maximum atomic E-state index is 12.8. The number of aryl methyl sites for hydroxylation is 2. The molecule has 1 aliphatic rings. The molecule has 162 valence electrons. The zero-order valence-electron chi connectivity index (χ0n) is 18.4. The Kier molecular flexibility index (Phi) is 7.49. The number of imidazole rings is 1. The van der Waals surface area contributed by atoms with E-state index in [0.717, 1.165) is 44.5 Å². The fourth-order valence-electron chi connectivity index (χ4n) is 4.23. The molecule has 0 saturated heterocycles. The number of nitrogens with one attached hydrogen (secondary N) is 2. The van der Waals surface area contributed by atoms with Crippen molar-refractivity contribution in [1.29, 1.82) is 0 Å². The number of amides is 1. The number of carbonyl (C=O) groups excluding carboxylic acids is 1. The minimum atomic E-state index is -0.324. The lowest BCUT2D eigenvalue weighted by molar-refractivity contribution is -0.138. The lowest BCUT2D eigenvalue weighted by Crippen LogP contribution is -2.49. The lowest BCUT2D eigenvalue weighted by atomic mass is 9.84. The SMILES string of the molecule is CN=C(NCc1nccn1CCc1ccccc1)NCC1(C(=O)N(C)C)CCCC1. The Morgan fingerprint density at radius 2 is 1.93 bits per heavy atom. The van der Waals surface area contributed by atoms with Crippen molar-refractivity contribution in [3.05, 3.63) is 54.1 Å². The van der Waals surface area contributed by atoms with Crippen LogP contribution in [0.1, 0.15) is 37.1 Å². The number of aliphatic imine (C=N–C) groups is 1. The molecule has 0 bridgehead atoms. The number of guanidine groups is 1. The predicted molar refractivity (Wildman–Crippen MR) is 120 cm³/mol. The Labute approximate surface area is 179 Å². The first-order valence-corrected chi connectivity index (χ1v) is 10.7. The fraction of sp³-hybridized carbons (Fsp3) is 0.522. The minimum absolute atomic E-state index is 0.208. The standard InChI is InChI=1S/C23H34N6O/c1-24-22(27-18-23(12-7-8-13-23)21(30)28(2)3)26-17-20-25-14-16-29(20)15-11-19-9-5-4-6-10-19/h4-6,9-10,14,16H,7-8,11-13,15,17-18H2,1-3H3,(H2,24,26,27). The van der Waals surface area contributed by atoms with E-state index < -0.39 is 0 Å². The summed E-state index contributed by atoms with van der Waals surface area (Å²) < 4.78 is 2.17. The van der Waals surface area contributed by atoms with E-state index in [1.807, 2.05) is 32.6 Å². The molecule has 0 radical (unpaired) electrons. The highest BCUT2D eigenvalue weighted by Crippen LogP contribution is 2.38. The van der Waals surface area contributed by atoms with Crippen LogP contribution in [0.25, 0.3) is 0 Å². The van der Waals surface area contributed by atoms with Gasteiger partial charge in [0.25, 0.3) is 0 Å². The lowest BCUT2D eigenvalue weighted by Gasteiger charge is -2.31. The van der Waals surface area contributed by atoms with Crippen LogP contribution in [0.15, 0.2) is 47.7 Å². The van der Waals surface area contributed by atoms with Crippen molar-refractivity contribution in [3.8, 4) is 0 Å². The summed E-state index contributed by atoms with van der Waals surface area (Å²) >= 11 is 0. The van der Waals surface area contributed by atoms with Gasteiger partial charge >= 0.3 is 0 Å². The number of nitrogens with zero attached hydrogens (tertiary/aromatic N) is 4. The summed E-state index contributed by atoms with van der Waals surface area (Å²) in [7, 11) is 5.43. The maximum Gasteiger partial charge on any atom is 0.230 e. The molecule has 30 heavy (non-hydrogen) atoms. The molecule has 0 spiro atoms. The number of carbonyl (C=O) groups is 1. The van der Waals surface area contributed by atoms with Gasteiger partial charge in [0.1, 0.15) is 5.82 Å². The summed E-state index contributed by atoms with van der Waals surface area (Å²) in [5, 5.41) is 6.73. The first kappa shape index (κ1) is 21.9. The zero-order valence-corrected chi connectivity index (χ0v) is 18.4. The van der Waals surface area contributed by atoms with Crippen molar-refractivity contribution in [2.24, 2.45) is 10.4 Å². The van der Waals surface area contributed by atoms with Crippen LogP contribution in [-0.2, 0) is 24.3 Å². The van der Waals surface area contributed by atoms with Gasteiger partial charge in [-0.25, -0.2) is 4.98 Å². The topological polar surface area (TPSA) is 74.5 Å². The molecule has 7 heteroatoms. The molecule has 1 saturated carbocycles. The highest BCUT2D eigenvalue weighted by Gasteiger charge is 2.42. The van der Waals surface area contributed by atoms with Gasteiger partial charge in [0.05, 0.1) is 12.0 Å². The third kappa shape index (κ3) is 5.40. The Hall–Kier alpha value is -2.83. The Morgan fingerprint density at radius 1 is 1.20 bits per heavy atom. The van der Waals surface area contributed by atoms with Crippen molar-refractivity contribution in [2.45, 2.75) is 45.2 Å². The predicted octanol–water partition coefficient (Wildman–Crippen LogP) is 2.44. The molecule has 0 atom stereocenters. The Balaban J connectivity index is 1.53. The molecule has 2 aromatic rings. The summed E-state index contributed by atoms with van der Waals surface area (Å²) in [6.07, 6.45) is 8.88. The van der Waals surface area contributed by atoms with Gasteiger partial charge in [-0.05, 0) is 24.8 Å². The van der Waals surface area contributed by atoms with Crippen LogP contribution >= 0.6 is 0 Å². The molecule has 1 heterocycles. The van der Waals surface area contributed by atoms with Crippen LogP contribution in [0.5, 0.6) is 0 Å². The second-order valence-corrected chi connectivity index (χ2v) is 8.24. The normalized spacial score (nSPS) is 15.8. The highest BCUT2D eigenvalue weighted by molar-refractivity contribution is 5.85. The van der Waals surface area contributed by atoms with E-state index >= 15 is 0 Å². The van der Waals surface area contributed by atoms with Gasteiger partial charge in [0.2, 0.25) is 5.91 Å². The first-order valence-electron chi connectivity index (χ1n) is 10.7. The summed E-state index contributed by atoms with van der Waals surface area (Å²) in [5.74, 6) is 1.87. The van der Waals surface area contributed by atoms with Crippen LogP contribution in [0.2, 0.25) is 0 Å². The monoisotopic (exact) mass is 410 g/mol. The van der Waals surface area contributed by atoms with Crippen LogP contribution in [0.4, 0.5) is 0 Å². The zero-order chi connectivity index (χ0) is 21.4. The molecule has 1 aromatic carbocycles. The maximum absolute atomic E-state index is 12.8. The fourth-order valence-corrected chi connectivity index (χ4v) is 4.23. The molecule has 0 unspecified atom stereocenters. The second kappa shape index (κ2) is 10.3. The van der Waals surface area contributed by atoms with Crippen molar-refractivity contribution in [3.63, 3.8) is 0 Å². The van der Waals surface area contributed by atoms with E-state index in [2.05, 4.69) is 49.4 Å². The molecule has 2 N–H and O–H groups in total. The minimum Gasteiger partial charge on any atom is -0.355 e. The third-order valence-corrected chi connectivity index (χ3v) is 5.94. The van der Waals surface area contributed by atoms with Crippen LogP contribution in [0, 0.1) is 5.41 Å². The number of aromatic nitrogens is 2. The average molecular weight is 411 g/mol. The van der Waals surface area contributed by atoms with Crippen LogP contribution in [-0.4, -0.2) is 54.0 Å². The number of hydrogen-bond acceptors (Lipinski definition) is 3. The molecule has 1 amide bonds. The molecule has 1 aliphatic carbocycles. The van der Waals surface area contributed by atoms with E-state index in [-0.39, 0.29) is 11.3 Å². The number of hydrogen-bond donors (Lipinski definition) is 2. The molecular weight excluding hydrogens is 376 g/mol. The Bertz CT molecular complexity index is 836. The van der Waals surface area contributed by atoms with E-state index in [1.165, 1.54) is 5.56 Å². The summed E-state index contributed by atoms with van der Waals surface area (Å²) in [6.45, 7) is 2.07. The van der Waals surface area contributed by atoms with E-state index in [0.29, 0.717) is 19.0 Å². The molecular formula is C23H34N6O. The molecule has 3 rings (SSSR count). The summed E-state index contributed by atoms with van der Waals surface area (Å²) in [6, 6.07) is 10.5. The van der Waals surface area contributed by atoms with E-state index in [4.69, 9.17) is 0 Å². The van der Waals surface area contributed by atoms with Crippen molar-refractivity contribution < 1.29 is 4.79 Å². The second-order valence-electron chi connectivity index (χ2n) is 8.24. The quantitative estimate of drug-likeness (QED) is 0.518. The van der Waals surface area contributed by atoms with Crippen LogP contribution in [0.3, 0.4) is 0 Å². The Morgan fingerprint density at radius 3 is 2.60 bits per heavy atom. The smallest absolute Gasteiger partial charge is 0.230 e. The van der Waals surface area contributed by atoms with Gasteiger partial charge in [-0.2, -0.15) is 0 Å². The molecule has 0 aliphatic heterocycles. The van der Waals surface area contributed by atoms with Gasteiger partial charge in [0, 0.05) is 46.6 Å². The van der Waals surface area contributed by atoms with E-state index in [9.17, 15) is 4.79 Å². The summed E-state index contributed by atoms with van der Waals surface area (Å²) in [4.78, 5) is 23.3. The number of rotatable bonds is 8. The highest BCUT2D eigenvalue weighted by atomic mass is 16.2. The molecule has 1 aromatic heterocycles. The molecule has 1 fully saturated rings. The van der Waals surface area contributed by atoms with Crippen molar-refractivity contribution in [2.75, 3.05) is 27.7 Å².